The largest absolute Gasteiger partial charge is 0.310 e. The van der Waals surface area contributed by atoms with Gasteiger partial charge in [-0.25, -0.2) is 0 Å². The normalized spacial score (nSPS) is 15.6. The lowest BCUT2D eigenvalue weighted by atomic mass is 10.2. The second kappa shape index (κ2) is 5.48. The molecule has 1 N–H and O–H groups in total. The highest BCUT2D eigenvalue weighted by atomic mass is 15.3. The molecule has 0 aromatic carbocycles. The van der Waals surface area contributed by atoms with Gasteiger partial charge in [0.2, 0.25) is 0 Å². The fraction of sp³-hybridized carbons (Fsp3) is 0.769. The van der Waals surface area contributed by atoms with Crippen LogP contribution in [0, 0.1) is 0 Å². The van der Waals surface area contributed by atoms with E-state index in [9.17, 15) is 0 Å². The van der Waals surface area contributed by atoms with Crippen molar-refractivity contribution in [3.63, 3.8) is 0 Å². The van der Waals surface area contributed by atoms with Crippen LogP contribution in [-0.4, -0.2) is 15.8 Å². The number of nitrogens with zero attached hydrogens (tertiary/aromatic N) is 2. The van der Waals surface area contributed by atoms with Crippen LogP contribution in [0.2, 0.25) is 0 Å². The summed E-state index contributed by atoms with van der Waals surface area (Å²) in [5.74, 6) is 0. The Bertz CT molecular complexity index is 326. The van der Waals surface area contributed by atoms with Crippen LogP contribution >= 0.6 is 0 Å². The predicted octanol–water partition coefficient (Wildman–Crippen LogP) is 2.50. The first kappa shape index (κ1) is 11.6. The third-order valence-electron chi connectivity index (χ3n) is 3.25. The number of nitrogens with one attached hydrogen (secondary N) is 1. The molecule has 1 aromatic rings. The van der Waals surface area contributed by atoms with Gasteiger partial charge in [0.25, 0.3) is 0 Å². The van der Waals surface area contributed by atoms with E-state index < -0.39 is 0 Å². The van der Waals surface area contributed by atoms with Gasteiger partial charge in [0, 0.05) is 30.4 Å². The standard InChI is InChI=1S/C13H23N3/c1-3-5-8-16-13(4-2)11(10-15-16)9-14-12-6-7-12/h10,12,14H,3-9H2,1-2H3. The highest BCUT2D eigenvalue weighted by Crippen LogP contribution is 2.20. The average molecular weight is 221 g/mol. The molecule has 90 valence electrons. The molecule has 0 amide bonds. The number of hydrogen-bond donors (Lipinski definition) is 1. The SMILES string of the molecule is CCCCn1ncc(CNC2CC2)c1CC. The van der Waals surface area contributed by atoms with Crippen molar-refractivity contribution in [2.75, 3.05) is 0 Å². The minimum Gasteiger partial charge on any atom is -0.310 e. The molecule has 0 radical (unpaired) electrons. The zero-order valence-electron chi connectivity index (χ0n) is 10.5. The lowest BCUT2D eigenvalue weighted by molar-refractivity contribution is 0.548. The summed E-state index contributed by atoms with van der Waals surface area (Å²) in [4.78, 5) is 0. The second-order valence-electron chi connectivity index (χ2n) is 4.70. The molecule has 1 fully saturated rings. The lowest BCUT2D eigenvalue weighted by Crippen LogP contribution is -2.16. The van der Waals surface area contributed by atoms with E-state index in [1.807, 2.05) is 6.20 Å². The molecule has 1 saturated carbocycles. The molecule has 16 heavy (non-hydrogen) atoms. The Kier molecular flexibility index (Phi) is 3.99. The fourth-order valence-corrected chi connectivity index (χ4v) is 2.05. The minimum absolute atomic E-state index is 0.781. The summed E-state index contributed by atoms with van der Waals surface area (Å²) in [5.41, 5.74) is 2.81. The predicted molar refractivity (Wildman–Crippen MR) is 66.4 cm³/mol. The first-order valence-corrected chi connectivity index (χ1v) is 6.62. The monoisotopic (exact) mass is 221 g/mol. The summed E-state index contributed by atoms with van der Waals surface area (Å²) in [6.07, 6.45) is 8.30. The summed E-state index contributed by atoms with van der Waals surface area (Å²) in [7, 11) is 0. The van der Waals surface area contributed by atoms with Crippen molar-refractivity contribution in [1.82, 2.24) is 15.1 Å². The highest BCUT2D eigenvalue weighted by molar-refractivity contribution is 5.18. The first-order chi connectivity index (χ1) is 7.85. The molecule has 0 spiro atoms. The lowest BCUT2D eigenvalue weighted by Gasteiger charge is -2.07. The Labute approximate surface area is 98.2 Å². The van der Waals surface area contributed by atoms with Gasteiger partial charge in [0.15, 0.2) is 0 Å². The summed E-state index contributed by atoms with van der Waals surface area (Å²) >= 11 is 0. The van der Waals surface area contributed by atoms with Gasteiger partial charge >= 0.3 is 0 Å². The van der Waals surface area contributed by atoms with Gasteiger partial charge in [-0.05, 0) is 25.7 Å². The molecular weight excluding hydrogens is 198 g/mol. The molecule has 1 aromatic heterocycles. The third kappa shape index (κ3) is 2.85. The van der Waals surface area contributed by atoms with Gasteiger partial charge in [-0.15, -0.1) is 0 Å². The van der Waals surface area contributed by atoms with Crippen molar-refractivity contribution in [1.29, 1.82) is 0 Å². The van der Waals surface area contributed by atoms with Crippen molar-refractivity contribution in [3.8, 4) is 0 Å². The zero-order chi connectivity index (χ0) is 11.4. The maximum Gasteiger partial charge on any atom is 0.0537 e. The van der Waals surface area contributed by atoms with E-state index in [0.29, 0.717) is 0 Å². The molecule has 0 aliphatic heterocycles. The second-order valence-corrected chi connectivity index (χ2v) is 4.70. The molecule has 1 heterocycles. The summed E-state index contributed by atoms with van der Waals surface area (Å²) in [5, 5.41) is 8.06. The quantitative estimate of drug-likeness (QED) is 0.766. The molecular formula is C13H23N3. The van der Waals surface area contributed by atoms with Crippen LogP contribution in [0.4, 0.5) is 0 Å². The number of aryl methyl sites for hydroxylation is 1. The number of aromatic nitrogens is 2. The molecule has 1 aliphatic rings. The number of rotatable bonds is 7. The van der Waals surface area contributed by atoms with E-state index in [1.54, 1.807) is 0 Å². The molecule has 1 aliphatic carbocycles. The van der Waals surface area contributed by atoms with Crippen LogP contribution in [0.1, 0.15) is 50.8 Å². The number of hydrogen-bond acceptors (Lipinski definition) is 2. The van der Waals surface area contributed by atoms with E-state index in [4.69, 9.17) is 0 Å². The van der Waals surface area contributed by atoms with Crippen LogP contribution in [0.3, 0.4) is 0 Å². The highest BCUT2D eigenvalue weighted by Gasteiger charge is 2.21. The van der Waals surface area contributed by atoms with Crippen LogP contribution < -0.4 is 5.32 Å². The Balaban J connectivity index is 1.96. The maximum absolute atomic E-state index is 4.50. The van der Waals surface area contributed by atoms with Crippen molar-refractivity contribution >= 4 is 0 Å². The van der Waals surface area contributed by atoms with Crippen molar-refractivity contribution in [3.05, 3.63) is 17.5 Å². The van der Waals surface area contributed by atoms with E-state index >= 15 is 0 Å². The molecule has 2 rings (SSSR count). The first-order valence-electron chi connectivity index (χ1n) is 6.62. The Hall–Kier alpha value is -0.830. The van der Waals surface area contributed by atoms with Crippen LogP contribution in [0.25, 0.3) is 0 Å². The Morgan fingerprint density at radius 1 is 1.44 bits per heavy atom. The molecule has 3 nitrogen and oxygen atoms in total. The van der Waals surface area contributed by atoms with Gasteiger partial charge in [0.1, 0.15) is 0 Å². The summed E-state index contributed by atoms with van der Waals surface area (Å²) in [6, 6.07) is 0.781. The number of unbranched alkanes of at least 4 members (excludes halogenated alkanes) is 1. The van der Waals surface area contributed by atoms with Crippen molar-refractivity contribution < 1.29 is 0 Å². The van der Waals surface area contributed by atoms with Crippen LogP contribution in [0.5, 0.6) is 0 Å². The molecule has 0 unspecified atom stereocenters. The van der Waals surface area contributed by atoms with Gasteiger partial charge in [-0.3, -0.25) is 4.68 Å². The molecule has 3 heteroatoms. The van der Waals surface area contributed by atoms with Gasteiger partial charge in [-0.1, -0.05) is 20.3 Å². The minimum atomic E-state index is 0.781. The summed E-state index contributed by atoms with van der Waals surface area (Å²) in [6.45, 7) is 6.52. The zero-order valence-corrected chi connectivity index (χ0v) is 10.5. The average Bonchev–Trinajstić information content (AvgIpc) is 3.04. The van der Waals surface area contributed by atoms with Gasteiger partial charge in [-0.2, -0.15) is 5.10 Å². The van der Waals surface area contributed by atoms with E-state index in [2.05, 4.69) is 28.9 Å². The van der Waals surface area contributed by atoms with Gasteiger partial charge in [0.05, 0.1) is 6.20 Å². The molecule has 0 saturated heterocycles. The van der Waals surface area contributed by atoms with Crippen LogP contribution in [-0.2, 0) is 19.5 Å². The summed E-state index contributed by atoms with van der Waals surface area (Å²) < 4.78 is 2.19. The fourth-order valence-electron chi connectivity index (χ4n) is 2.05. The Morgan fingerprint density at radius 3 is 2.88 bits per heavy atom. The smallest absolute Gasteiger partial charge is 0.0537 e. The maximum atomic E-state index is 4.50. The van der Waals surface area contributed by atoms with Crippen molar-refractivity contribution in [2.24, 2.45) is 0 Å². The molecule has 0 bridgehead atoms. The van der Waals surface area contributed by atoms with Crippen LogP contribution in [0.15, 0.2) is 6.20 Å². The van der Waals surface area contributed by atoms with Gasteiger partial charge < -0.3 is 5.32 Å². The van der Waals surface area contributed by atoms with E-state index in [1.165, 1.54) is 36.9 Å². The topological polar surface area (TPSA) is 29.9 Å². The van der Waals surface area contributed by atoms with Crippen molar-refractivity contribution in [2.45, 2.75) is 65.1 Å². The molecule has 0 atom stereocenters. The third-order valence-corrected chi connectivity index (χ3v) is 3.25. The van der Waals surface area contributed by atoms with E-state index in [-0.39, 0.29) is 0 Å². The Morgan fingerprint density at radius 2 is 2.25 bits per heavy atom. The van der Waals surface area contributed by atoms with E-state index in [0.717, 1.165) is 25.6 Å².